The van der Waals surface area contributed by atoms with Crippen molar-refractivity contribution in [2.75, 3.05) is 11.3 Å². The normalized spacial score (nSPS) is 11.3. The zero-order chi connectivity index (χ0) is 15.3. The van der Waals surface area contributed by atoms with Crippen LogP contribution in [0, 0.1) is 3.57 Å². The van der Waals surface area contributed by atoms with Gasteiger partial charge in [-0.15, -0.1) is 0 Å². The van der Waals surface area contributed by atoms with Crippen molar-refractivity contribution in [3.63, 3.8) is 0 Å². The quantitative estimate of drug-likeness (QED) is 0.712. The van der Waals surface area contributed by atoms with E-state index in [-0.39, 0.29) is 0 Å². The van der Waals surface area contributed by atoms with Crippen LogP contribution in [-0.4, -0.2) is 15.0 Å². The zero-order valence-corrected chi connectivity index (χ0v) is 14.6. The summed E-state index contributed by atoms with van der Waals surface area (Å²) in [4.78, 5) is 0.310. The Labute approximate surface area is 139 Å². The second-order valence-corrected chi connectivity index (χ2v) is 7.40. The first kappa shape index (κ1) is 16.3. The van der Waals surface area contributed by atoms with Gasteiger partial charge < -0.3 is 5.32 Å². The number of rotatable bonds is 6. The van der Waals surface area contributed by atoms with E-state index in [0.717, 1.165) is 15.7 Å². The molecule has 0 aliphatic heterocycles. The Morgan fingerprint density at radius 3 is 2.38 bits per heavy atom. The molecule has 112 valence electrons. The maximum absolute atomic E-state index is 12.5. The monoisotopic (exact) mass is 416 g/mol. The first-order chi connectivity index (χ1) is 10.0. The molecule has 2 aromatic carbocycles. The molecule has 4 nitrogen and oxygen atoms in total. The van der Waals surface area contributed by atoms with E-state index >= 15 is 0 Å². The number of nitrogens with one attached hydrogen (secondary N) is 2. The lowest BCUT2D eigenvalue weighted by Gasteiger charge is -2.12. The molecule has 0 aliphatic rings. The maximum atomic E-state index is 12.5. The molecule has 6 heteroatoms. The van der Waals surface area contributed by atoms with Crippen molar-refractivity contribution in [2.24, 2.45) is 0 Å². The minimum absolute atomic E-state index is 0.310. The van der Waals surface area contributed by atoms with E-state index in [1.54, 1.807) is 24.3 Å². The Hall–Kier alpha value is -1.12. The van der Waals surface area contributed by atoms with Crippen molar-refractivity contribution in [1.29, 1.82) is 0 Å². The van der Waals surface area contributed by atoms with Gasteiger partial charge in [0.25, 0.3) is 10.0 Å². The van der Waals surface area contributed by atoms with Gasteiger partial charge in [0.1, 0.15) is 0 Å². The molecule has 0 saturated heterocycles. The first-order valence-corrected chi connectivity index (χ1v) is 9.16. The second-order valence-electron chi connectivity index (χ2n) is 4.50. The minimum Gasteiger partial charge on any atom is -0.313 e. The first-order valence-electron chi connectivity index (χ1n) is 6.60. The molecule has 0 amide bonds. The van der Waals surface area contributed by atoms with Gasteiger partial charge in [-0.25, -0.2) is 8.42 Å². The van der Waals surface area contributed by atoms with E-state index in [1.807, 2.05) is 31.2 Å². The highest BCUT2D eigenvalue weighted by Gasteiger charge is 2.17. The van der Waals surface area contributed by atoms with Gasteiger partial charge in [-0.1, -0.05) is 25.1 Å². The molecule has 0 radical (unpaired) electrons. The van der Waals surface area contributed by atoms with Gasteiger partial charge >= 0.3 is 0 Å². The molecule has 0 bridgehead atoms. The van der Waals surface area contributed by atoms with Crippen molar-refractivity contribution < 1.29 is 8.42 Å². The predicted octanol–water partition coefficient (Wildman–Crippen LogP) is 3.20. The van der Waals surface area contributed by atoms with Crippen LogP contribution in [0.25, 0.3) is 0 Å². The van der Waals surface area contributed by atoms with Gasteiger partial charge in [0.05, 0.1) is 4.90 Å². The SMILES string of the molecule is CCNCc1ccccc1S(=O)(=O)Nc1ccc(I)cc1. The van der Waals surface area contributed by atoms with E-state index in [0.29, 0.717) is 17.1 Å². The lowest BCUT2D eigenvalue weighted by atomic mass is 10.2. The molecule has 0 aliphatic carbocycles. The van der Waals surface area contributed by atoms with Crippen LogP contribution >= 0.6 is 22.6 Å². The molecule has 2 N–H and O–H groups in total. The fourth-order valence-corrected chi connectivity index (χ4v) is 3.56. The summed E-state index contributed by atoms with van der Waals surface area (Å²) in [7, 11) is -3.58. The number of hydrogen-bond donors (Lipinski definition) is 2. The summed E-state index contributed by atoms with van der Waals surface area (Å²) in [6.07, 6.45) is 0. The molecule has 0 spiro atoms. The van der Waals surface area contributed by atoms with Gasteiger partial charge in [-0.05, 0) is 65.0 Å². The third-order valence-electron chi connectivity index (χ3n) is 2.92. The lowest BCUT2D eigenvalue weighted by Crippen LogP contribution is -2.18. The van der Waals surface area contributed by atoms with Crippen molar-refractivity contribution in [1.82, 2.24) is 5.32 Å². The van der Waals surface area contributed by atoms with Crippen LogP contribution in [0.15, 0.2) is 53.4 Å². The van der Waals surface area contributed by atoms with E-state index < -0.39 is 10.0 Å². The zero-order valence-electron chi connectivity index (χ0n) is 11.6. The number of halogens is 1. The van der Waals surface area contributed by atoms with Crippen LogP contribution in [0.5, 0.6) is 0 Å². The van der Waals surface area contributed by atoms with E-state index in [9.17, 15) is 8.42 Å². The van der Waals surface area contributed by atoms with Gasteiger partial charge in [-0.3, -0.25) is 4.72 Å². The van der Waals surface area contributed by atoms with Crippen molar-refractivity contribution in [2.45, 2.75) is 18.4 Å². The molecular weight excluding hydrogens is 399 g/mol. The standard InChI is InChI=1S/C15H17IN2O2S/c1-2-17-11-12-5-3-4-6-15(12)21(19,20)18-14-9-7-13(16)8-10-14/h3-10,17-18H,2,11H2,1H3. The summed E-state index contributed by atoms with van der Waals surface area (Å²) in [6, 6.07) is 14.3. The Morgan fingerprint density at radius 2 is 1.71 bits per heavy atom. The smallest absolute Gasteiger partial charge is 0.262 e. The van der Waals surface area contributed by atoms with E-state index in [1.165, 1.54) is 0 Å². The Balaban J connectivity index is 2.29. The summed E-state index contributed by atoms with van der Waals surface area (Å²) in [5.74, 6) is 0. The Morgan fingerprint density at radius 1 is 1.05 bits per heavy atom. The molecule has 21 heavy (non-hydrogen) atoms. The highest BCUT2D eigenvalue weighted by atomic mass is 127. The fourth-order valence-electron chi connectivity index (χ4n) is 1.90. The van der Waals surface area contributed by atoms with Crippen LogP contribution in [-0.2, 0) is 16.6 Å². The van der Waals surface area contributed by atoms with Gasteiger partial charge in [0.15, 0.2) is 0 Å². The molecule has 2 rings (SSSR count). The maximum Gasteiger partial charge on any atom is 0.262 e. The minimum atomic E-state index is -3.58. The highest BCUT2D eigenvalue weighted by Crippen LogP contribution is 2.20. The molecule has 0 atom stereocenters. The summed E-state index contributed by atoms with van der Waals surface area (Å²) in [5.41, 5.74) is 1.33. The Bertz CT molecular complexity index is 700. The summed E-state index contributed by atoms with van der Waals surface area (Å²) < 4.78 is 28.7. The number of anilines is 1. The highest BCUT2D eigenvalue weighted by molar-refractivity contribution is 14.1. The number of sulfonamides is 1. The van der Waals surface area contributed by atoms with Gasteiger partial charge in [0, 0.05) is 15.8 Å². The third-order valence-corrected chi connectivity index (χ3v) is 5.12. The summed E-state index contributed by atoms with van der Waals surface area (Å²) in [6.45, 7) is 3.31. The average molecular weight is 416 g/mol. The summed E-state index contributed by atoms with van der Waals surface area (Å²) in [5, 5.41) is 3.16. The van der Waals surface area contributed by atoms with Crippen molar-refractivity contribution in [3.05, 3.63) is 57.7 Å². The topological polar surface area (TPSA) is 58.2 Å². The molecule has 0 aromatic heterocycles. The van der Waals surface area contributed by atoms with E-state index in [4.69, 9.17) is 0 Å². The summed E-state index contributed by atoms with van der Waals surface area (Å²) >= 11 is 2.18. The fraction of sp³-hybridized carbons (Fsp3) is 0.200. The largest absolute Gasteiger partial charge is 0.313 e. The lowest BCUT2D eigenvalue weighted by molar-refractivity contribution is 0.598. The van der Waals surface area contributed by atoms with Crippen LogP contribution in [0.3, 0.4) is 0 Å². The molecule has 2 aromatic rings. The van der Waals surface area contributed by atoms with Crippen LogP contribution in [0.2, 0.25) is 0 Å². The Kier molecular flexibility index (Phi) is 5.60. The van der Waals surface area contributed by atoms with Crippen molar-refractivity contribution in [3.8, 4) is 0 Å². The third kappa shape index (κ3) is 4.42. The van der Waals surface area contributed by atoms with Gasteiger partial charge in [-0.2, -0.15) is 0 Å². The molecule has 0 heterocycles. The van der Waals surface area contributed by atoms with Crippen LogP contribution in [0.1, 0.15) is 12.5 Å². The van der Waals surface area contributed by atoms with Gasteiger partial charge in [0.2, 0.25) is 0 Å². The average Bonchev–Trinajstić information content (AvgIpc) is 2.47. The molecule has 0 unspecified atom stereocenters. The molecule has 0 fully saturated rings. The van der Waals surface area contributed by atoms with Crippen LogP contribution in [0.4, 0.5) is 5.69 Å². The molecule has 0 saturated carbocycles. The predicted molar refractivity (Wildman–Crippen MR) is 93.8 cm³/mol. The second kappa shape index (κ2) is 7.24. The van der Waals surface area contributed by atoms with Crippen LogP contribution < -0.4 is 10.0 Å². The van der Waals surface area contributed by atoms with Crippen molar-refractivity contribution >= 4 is 38.3 Å². The number of benzene rings is 2. The molecular formula is C15H17IN2O2S. The van der Waals surface area contributed by atoms with E-state index in [2.05, 4.69) is 32.6 Å². The number of hydrogen-bond acceptors (Lipinski definition) is 3.